The van der Waals surface area contributed by atoms with Crippen molar-refractivity contribution < 1.29 is 0 Å². The fraction of sp³-hybridized carbons (Fsp3) is 0.800. The van der Waals surface area contributed by atoms with Gasteiger partial charge < -0.3 is 10.6 Å². The third-order valence-electron chi connectivity index (χ3n) is 5.69. The van der Waals surface area contributed by atoms with Gasteiger partial charge in [0.25, 0.3) is 0 Å². The average Bonchev–Trinajstić information content (AvgIpc) is 3.10. The van der Waals surface area contributed by atoms with Crippen molar-refractivity contribution in [2.45, 2.75) is 66.2 Å². The van der Waals surface area contributed by atoms with Gasteiger partial charge in [0, 0.05) is 32.9 Å². The maximum atomic E-state index is 4.50. The first-order valence-electron chi connectivity index (χ1n) is 9.80. The lowest BCUT2D eigenvalue weighted by Crippen LogP contribution is -2.44. The molecule has 0 saturated heterocycles. The van der Waals surface area contributed by atoms with Crippen LogP contribution in [0.15, 0.2) is 4.99 Å². The molecule has 1 aliphatic carbocycles. The molecule has 0 unspecified atom stereocenters. The molecule has 2 rings (SSSR count). The first-order chi connectivity index (χ1) is 11.9. The van der Waals surface area contributed by atoms with E-state index >= 15 is 0 Å². The molecule has 1 aliphatic rings. The summed E-state index contributed by atoms with van der Waals surface area (Å²) in [5.74, 6) is 1.68. The number of hydrogen-bond acceptors (Lipinski definition) is 2. The molecule has 0 aromatic carbocycles. The SMILES string of the molecule is CN=C(NCCc1c(C)nn(C)c1C)NCC1(CC(C)C)CCCC1.I. The van der Waals surface area contributed by atoms with E-state index in [0.717, 1.165) is 37.1 Å². The molecular weight excluding hydrogens is 437 g/mol. The van der Waals surface area contributed by atoms with Crippen LogP contribution in [0.2, 0.25) is 0 Å². The number of aliphatic imine (C=N–C) groups is 1. The molecular formula is C20H38IN5. The highest BCUT2D eigenvalue weighted by atomic mass is 127. The molecule has 1 saturated carbocycles. The Morgan fingerprint density at radius 3 is 2.38 bits per heavy atom. The Hall–Kier alpha value is -0.790. The highest BCUT2D eigenvalue weighted by Crippen LogP contribution is 2.42. The van der Waals surface area contributed by atoms with Crippen molar-refractivity contribution in [3.8, 4) is 0 Å². The number of hydrogen-bond donors (Lipinski definition) is 2. The molecule has 0 atom stereocenters. The maximum Gasteiger partial charge on any atom is 0.191 e. The third kappa shape index (κ3) is 6.13. The minimum absolute atomic E-state index is 0. The first-order valence-corrected chi connectivity index (χ1v) is 9.80. The summed E-state index contributed by atoms with van der Waals surface area (Å²) in [5.41, 5.74) is 4.19. The zero-order valence-electron chi connectivity index (χ0n) is 17.5. The van der Waals surface area contributed by atoms with Crippen LogP contribution in [0.5, 0.6) is 0 Å². The molecule has 1 heterocycles. The van der Waals surface area contributed by atoms with Crippen LogP contribution >= 0.6 is 24.0 Å². The molecule has 26 heavy (non-hydrogen) atoms. The number of nitrogens with one attached hydrogen (secondary N) is 2. The Labute approximate surface area is 176 Å². The molecule has 1 fully saturated rings. The topological polar surface area (TPSA) is 54.2 Å². The van der Waals surface area contributed by atoms with Crippen LogP contribution in [0.3, 0.4) is 0 Å². The second kappa shape index (κ2) is 10.5. The van der Waals surface area contributed by atoms with E-state index in [1.165, 1.54) is 43.4 Å². The zero-order valence-corrected chi connectivity index (χ0v) is 19.8. The highest BCUT2D eigenvalue weighted by Gasteiger charge is 2.34. The van der Waals surface area contributed by atoms with Crippen LogP contribution in [0.1, 0.15) is 62.9 Å². The second-order valence-corrected chi connectivity index (χ2v) is 8.18. The van der Waals surface area contributed by atoms with Crippen LogP contribution in [0, 0.1) is 25.2 Å². The van der Waals surface area contributed by atoms with Gasteiger partial charge in [-0.15, -0.1) is 24.0 Å². The predicted molar refractivity (Wildman–Crippen MR) is 122 cm³/mol. The average molecular weight is 475 g/mol. The largest absolute Gasteiger partial charge is 0.356 e. The van der Waals surface area contributed by atoms with Gasteiger partial charge in [-0.05, 0) is 56.4 Å². The van der Waals surface area contributed by atoms with Gasteiger partial charge in [0.2, 0.25) is 0 Å². The molecule has 0 spiro atoms. The van der Waals surface area contributed by atoms with Gasteiger partial charge in [-0.1, -0.05) is 26.7 Å². The van der Waals surface area contributed by atoms with Crippen molar-refractivity contribution >= 4 is 29.9 Å². The van der Waals surface area contributed by atoms with Gasteiger partial charge in [-0.3, -0.25) is 9.67 Å². The van der Waals surface area contributed by atoms with E-state index in [0.29, 0.717) is 5.41 Å². The molecule has 5 nitrogen and oxygen atoms in total. The molecule has 1 aromatic heterocycles. The van der Waals surface area contributed by atoms with Crippen LogP contribution in [0.4, 0.5) is 0 Å². The molecule has 1 aromatic rings. The Balaban J connectivity index is 0.00000338. The summed E-state index contributed by atoms with van der Waals surface area (Å²) >= 11 is 0. The third-order valence-corrected chi connectivity index (χ3v) is 5.69. The van der Waals surface area contributed by atoms with Gasteiger partial charge in [-0.25, -0.2) is 0 Å². The van der Waals surface area contributed by atoms with Crippen molar-refractivity contribution in [3.63, 3.8) is 0 Å². The van der Waals surface area contributed by atoms with Crippen LogP contribution in [0.25, 0.3) is 0 Å². The molecule has 0 amide bonds. The number of aryl methyl sites for hydroxylation is 2. The lowest BCUT2D eigenvalue weighted by Gasteiger charge is -2.32. The fourth-order valence-electron chi connectivity index (χ4n) is 4.42. The summed E-state index contributed by atoms with van der Waals surface area (Å²) in [5, 5.41) is 11.6. The number of halogens is 1. The van der Waals surface area contributed by atoms with Gasteiger partial charge in [0.05, 0.1) is 5.69 Å². The minimum Gasteiger partial charge on any atom is -0.356 e. The van der Waals surface area contributed by atoms with E-state index in [9.17, 15) is 0 Å². The maximum absolute atomic E-state index is 4.50. The van der Waals surface area contributed by atoms with Crippen LogP contribution in [-0.2, 0) is 13.5 Å². The summed E-state index contributed by atoms with van der Waals surface area (Å²) in [4.78, 5) is 4.41. The van der Waals surface area contributed by atoms with Gasteiger partial charge >= 0.3 is 0 Å². The monoisotopic (exact) mass is 475 g/mol. The molecule has 6 heteroatoms. The molecule has 150 valence electrons. The lowest BCUT2D eigenvalue weighted by atomic mass is 9.78. The lowest BCUT2D eigenvalue weighted by molar-refractivity contribution is 0.235. The number of nitrogens with zero attached hydrogens (tertiary/aromatic N) is 3. The summed E-state index contributed by atoms with van der Waals surface area (Å²) in [6.07, 6.45) is 7.74. The Morgan fingerprint density at radius 2 is 1.88 bits per heavy atom. The van der Waals surface area contributed by atoms with Gasteiger partial charge in [-0.2, -0.15) is 5.10 Å². The smallest absolute Gasteiger partial charge is 0.191 e. The summed E-state index contributed by atoms with van der Waals surface area (Å²) in [6.45, 7) is 10.8. The summed E-state index contributed by atoms with van der Waals surface area (Å²) in [6, 6.07) is 0. The first kappa shape index (κ1) is 23.2. The number of guanidine groups is 1. The van der Waals surface area contributed by atoms with E-state index < -0.39 is 0 Å². The van der Waals surface area contributed by atoms with Crippen LogP contribution < -0.4 is 10.6 Å². The fourth-order valence-corrected chi connectivity index (χ4v) is 4.42. The molecule has 0 aliphatic heterocycles. The summed E-state index contributed by atoms with van der Waals surface area (Å²) in [7, 11) is 3.87. The zero-order chi connectivity index (χ0) is 18.4. The minimum atomic E-state index is 0. The van der Waals surface area contributed by atoms with Crippen LogP contribution in [-0.4, -0.2) is 35.9 Å². The van der Waals surface area contributed by atoms with Gasteiger partial charge in [0.1, 0.15) is 0 Å². The molecule has 0 radical (unpaired) electrons. The summed E-state index contributed by atoms with van der Waals surface area (Å²) < 4.78 is 1.97. The van der Waals surface area contributed by atoms with Crippen molar-refractivity contribution in [1.82, 2.24) is 20.4 Å². The second-order valence-electron chi connectivity index (χ2n) is 8.18. The number of aromatic nitrogens is 2. The van der Waals surface area contributed by atoms with E-state index in [1.807, 2.05) is 18.8 Å². The molecule has 2 N–H and O–H groups in total. The van der Waals surface area contributed by atoms with E-state index in [2.05, 4.69) is 48.4 Å². The van der Waals surface area contributed by atoms with E-state index in [-0.39, 0.29) is 24.0 Å². The predicted octanol–water partition coefficient (Wildman–Crippen LogP) is 3.97. The standard InChI is InChI=1S/C20H37N5.HI/c1-15(2)13-20(10-7-8-11-20)14-23-19(21-5)22-12-9-18-16(3)24-25(6)17(18)4;/h15H,7-14H2,1-6H3,(H2,21,22,23);1H. The van der Waals surface area contributed by atoms with E-state index in [1.54, 1.807) is 0 Å². The quantitative estimate of drug-likeness (QED) is 0.357. The Bertz CT molecular complexity index is 585. The van der Waals surface area contributed by atoms with E-state index in [4.69, 9.17) is 0 Å². The van der Waals surface area contributed by atoms with Crippen molar-refractivity contribution in [1.29, 1.82) is 0 Å². The Kier molecular flexibility index (Phi) is 9.41. The molecule has 0 bridgehead atoms. The van der Waals surface area contributed by atoms with Crippen molar-refractivity contribution in [2.24, 2.45) is 23.4 Å². The van der Waals surface area contributed by atoms with Crippen molar-refractivity contribution in [2.75, 3.05) is 20.1 Å². The number of rotatable bonds is 7. The van der Waals surface area contributed by atoms with Crippen molar-refractivity contribution in [3.05, 3.63) is 17.0 Å². The van der Waals surface area contributed by atoms with Gasteiger partial charge in [0.15, 0.2) is 5.96 Å². The Morgan fingerprint density at radius 1 is 1.23 bits per heavy atom. The highest BCUT2D eigenvalue weighted by molar-refractivity contribution is 14.0. The normalized spacial score (nSPS) is 16.7.